The van der Waals surface area contributed by atoms with Gasteiger partial charge in [-0.05, 0) is 74.8 Å². The lowest BCUT2D eigenvalue weighted by Gasteiger charge is -2.39. The number of rotatable bonds is 13. The van der Waals surface area contributed by atoms with Crippen molar-refractivity contribution in [2.45, 2.75) is 58.4 Å². The van der Waals surface area contributed by atoms with Gasteiger partial charge in [-0.25, -0.2) is 19.1 Å². The maximum Gasteiger partial charge on any atom is 0.429 e. The lowest BCUT2D eigenvalue weighted by atomic mass is 9.76. The fraction of sp³-hybridized carbons (Fsp3) is 0.385. The Morgan fingerprint density at radius 3 is 2.52 bits per heavy atom. The molecule has 0 bridgehead atoms. The van der Waals surface area contributed by atoms with Crippen LogP contribution < -0.4 is 15.4 Å². The summed E-state index contributed by atoms with van der Waals surface area (Å²) in [6.45, 7) is 9.82. The second-order valence-corrected chi connectivity index (χ2v) is 13.5. The van der Waals surface area contributed by atoms with E-state index in [-0.39, 0.29) is 49.2 Å². The summed E-state index contributed by atoms with van der Waals surface area (Å²) >= 11 is 0. The Hall–Kier alpha value is -6.13. The molecule has 4 heterocycles. The van der Waals surface area contributed by atoms with Gasteiger partial charge in [0.15, 0.2) is 0 Å². The van der Waals surface area contributed by atoms with Crippen LogP contribution in [-0.4, -0.2) is 92.9 Å². The van der Waals surface area contributed by atoms with Gasteiger partial charge < -0.3 is 30.0 Å². The molecule has 2 aliphatic rings. The number of hydrogen-bond donors (Lipinski definition) is 2. The number of aliphatic carboxylic acids is 1. The van der Waals surface area contributed by atoms with E-state index >= 15 is 0 Å². The van der Waals surface area contributed by atoms with Gasteiger partial charge in [0.25, 0.3) is 0 Å². The summed E-state index contributed by atoms with van der Waals surface area (Å²) in [5, 5.41) is 14.3. The number of anilines is 2. The smallest absolute Gasteiger partial charge is 0.429 e. The number of alkyl halides is 3. The summed E-state index contributed by atoms with van der Waals surface area (Å²) in [7, 11) is 0. The zero-order valence-electron chi connectivity index (χ0n) is 31.2. The van der Waals surface area contributed by atoms with Crippen LogP contribution in [0.5, 0.6) is 5.88 Å². The number of halogens is 3. The minimum Gasteiger partial charge on any atom is -0.480 e. The van der Waals surface area contributed by atoms with Crippen LogP contribution in [0.3, 0.4) is 0 Å². The Labute approximate surface area is 321 Å². The Morgan fingerprint density at radius 1 is 1.14 bits per heavy atom. The number of carboxylic acid groups (broad SMARTS) is 1. The predicted octanol–water partition coefficient (Wildman–Crippen LogP) is 6.38. The van der Waals surface area contributed by atoms with Crippen LogP contribution in [0.25, 0.3) is 11.8 Å². The molecule has 2 aliphatic heterocycles. The molecule has 3 N–H and O–H groups in total. The van der Waals surface area contributed by atoms with Gasteiger partial charge in [0.2, 0.25) is 17.9 Å². The van der Waals surface area contributed by atoms with Gasteiger partial charge >= 0.3 is 24.2 Å². The van der Waals surface area contributed by atoms with Crippen molar-refractivity contribution >= 4 is 35.9 Å². The molecule has 0 saturated carbocycles. The SMILES string of the molecule is C=C/C(=C\C=C/C)COC(=O)N1CC2(CCN(c3cc(O[C@H](c4ccc(C=CC(=O)OCC)cc4-n4ccc(C)n4)C(F)(F)F)nc(N)n3)CC2)C[C@H]1C(=O)O. The third-order valence-electron chi connectivity index (χ3n) is 9.55. The number of nitrogens with two attached hydrogens (primary N) is 1. The number of carbonyl (C=O) groups is 3. The van der Waals surface area contributed by atoms with Crippen molar-refractivity contribution in [3.05, 3.63) is 95.9 Å². The third kappa shape index (κ3) is 9.94. The first-order valence-corrected chi connectivity index (χ1v) is 17.9. The highest BCUT2D eigenvalue weighted by Gasteiger charge is 2.51. The quantitative estimate of drug-likeness (QED) is 0.111. The molecular formula is C39H44F3N7O7. The molecule has 298 valence electrons. The van der Waals surface area contributed by atoms with Gasteiger partial charge in [0.05, 0.1) is 18.0 Å². The number of nitrogen functional groups attached to an aromatic ring is 1. The monoisotopic (exact) mass is 779 g/mol. The summed E-state index contributed by atoms with van der Waals surface area (Å²) < 4.78 is 61.9. The fourth-order valence-electron chi connectivity index (χ4n) is 6.73. The Balaban J connectivity index is 1.35. The van der Waals surface area contributed by atoms with E-state index in [0.717, 1.165) is 0 Å². The number of aromatic nitrogens is 4. The average molecular weight is 780 g/mol. The maximum atomic E-state index is 14.9. The summed E-state index contributed by atoms with van der Waals surface area (Å²) in [5.41, 5.74) is 6.86. The zero-order chi connectivity index (χ0) is 40.6. The van der Waals surface area contributed by atoms with E-state index < -0.39 is 47.6 Å². The minimum atomic E-state index is -4.93. The number of aryl methyl sites for hydroxylation is 1. The van der Waals surface area contributed by atoms with E-state index in [1.54, 1.807) is 43.0 Å². The summed E-state index contributed by atoms with van der Waals surface area (Å²) in [6, 6.07) is 5.92. The van der Waals surface area contributed by atoms with Crippen molar-refractivity contribution < 1.29 is 46.9 Å². The Bertz CT molecular complexity index is 2020. The molecule has 17 heteroatoms. The molecule has 1 amide bonds. The Kier molecular flexibility index (Phi) is 12.9. The van der Waals surface area contributed by atoms with Crippen molar-refractivity contribution in [3.63, 3.8) is 0 Å². The van der Waals surface area contributed by atoms with Crippen LogP contribution in [0.1, 0.15) is 56.0 Å². The number of likely N-dealkylation sites (tertiary alicyclic amines) is 1. The van der Waals surface area contributed by atoms with E-state index in [1.807, 2.05) is 13.0 Å². The van der Waals surface area contributed by atoms with Crippen molar-refractivity contribution in [3.8, 4) is 11.6 Å². The largest absolute Gasteiger partial charge is 0.480 e. The highest BCUT2D eigenvalue weighted by atomic mass is 19.4. The average Bonchev–Trinajstić information content (AvgIpc) is 3.76. The number of allylic oxidation sites excluding steroid dienone is 3. The first kappa shape index (κ1) is 41.0. The van der Waals surface area contributed by atoms with E-state index in [4.69, 9.17) is 19.9 Å². The molecule has 1 aromatic carbocycles. The van der Waals surface area contributed by atoms with Crippen LogP contribution in [0.4, 0.5) is 29.7 Å². The molecule has 3 aromatic rings. The molecule has 5 rings (SSSR count). The Morgan fingerprint density at radius 2 is 1.89 bits per heavy atom. The number of piperidine rings is 1. The van der Waals surface area contributed by atoms with Crippen molar-refractivity contribution in [2.75, 3.05) is 43.5 Å². The highest BCUT2D eigenvalue weighted by Crippen LogP contribution is 2.45. The van der Waals surface area contributed by atoms with E-state index in [9.17, 15) is 32.7 Å². The molecule has 14 nitrogen and oxygen atoms in total. The van der Waals surface area contributed by atoms with Gasteiger partial charge in [-0.2, -0.15) is 28.2 Å². The van der Waals surface area contributed by atoms with Gasteiger partial charge in [-0.3, -0.25) is 4.90 Å². The molecule has 56 heavy (non-hydrogen) atoms. The minimum absolute atomic E-state index is 0.0513. The van der Waals surface area contributed by atoms with Crippen LogP contribution in [0, 0.1) is 12.3 Å². The van der Waals surface area contributed by atoms with Crippen LogP contribution in [0.15, 0.2) is 79.1 Å². The number of ether oxygens (including phenoxy) is 3. The lowest BCUT2D eigenvalue weighted by Crippen LogP contribution is -2.43. The van der Waals surface area contributed by atoms with Crippen LogP contribution in [0.2, 0.25) is 0 Å². The number of carboxylic acids is 1. The van der Waals surface area contributed by atoms with Gasteiger partial charge in [-0.1, -0.05) is 43.0 Å². The first-order valence-electron chi connectivity index (χ1n) is 17.9. The predicted molar refractivity (Wildman–Crippen MR) is 201 cm³/mol. The number of esters is 1. The maximum absolute atomic E-state index is 14.9. The van der Waals surface area contributed by atoms with Crippen molar-refractivity contribution in [2.24, 2.45) is 5.41 Å². The molecule has 2 fully saturated rings. The van der Waals surface area contributed by atoms with Gasteiger partial charge in [0.1, 0.15) is 18.5 Å². The summed E-state index contributed by atoms with van der Waals surface area (Å²) in [4.78, 5) is 48.5. The first-order chi connectivity index (χ1) is 26.6. The second-order valence-electron chi connectivity index (χ2n) is 13.5. The molecule has 0 aliphatic carbocycles. The fourth-order valence-corrected chi connectivity index (χ4v) is 6.73. The third-order valence-corrected chi connectivity index (χ3v) is 9.55. The van der Waals surface area contributed by atoms with Gasteiger partial charge in [-0.15, -0.1) is 0 Å². The second kappa shape index (κ2) is 17.6. The zero-order valence-corrected chi connectivity index (χ0v) is 31.2. The van der Waals surface area contributed by atoms with E-state index in [1.165, 1.54) is 52.2 Å². The molecule has 0 radical (unpaired) electrons. The molecule has 0 unspecified atom stereocenters. The van der Waals surface area contributed by atoms with E-state index in [0.29, 0.717) is 42.8 Å². The standard InChI is InChI=1S/C39H44F3N7O7/c1-5-8-9-26(6-2)23-55-37(53)48-24-38(22-30(48)35(51)52)15-18-47(19-16-38)31-21-32(45-36(43)44-31)56-34(39(40,41)42)28-12-10-27(11-13-33(50)54-7-3)20-29(28)49-17-14-25(4)46-49/h5-6,8-14,17,20-21,30,34H,2,7,15-16,18-19,22-24H2,1,3-4H3,(H,51,52)(H2,43,44,45)/b8-5-,13-11?,26-9+/t30-,34+/m0/s1. The normalized spacial score (nSPS) is 17.8. The number of amides is 1. The number of benzene rings is 1. The molecule has 2 saturated heterocycles. The molecule has 2 aromatic heterocycles. The number of carbonyl (C=O) groups excluding carboxylic acids is 2. The topological polar surface area (TPSA) is 175 Å². The molecule has 2 atom stereocenters. The summed E-state index contributed by atoms with van der Waals surface area (Å²) in [6.07, 6.45) is 3.89. The van der Waals surface area contributed by atoms with Crippen molar-refractivity contribution in [1.29, 1.82) is 0 Å². The van der Waals surface area contributed by atoms with E-state index in [2.05, 4.69) is 21.6 Å². The summed E-state index contributed by atoms with van der Waals surface area (Å²) in [5.74, 6) is -2.27. The molecular weight excluding hydrogens is 735 g/mol. The molecule has 1 spiro atoms. The number of nitrogens with zero attached hydrogens (tertiary/aromatic N) is 6. The van der Waals surface area contributed by atoms with Crippen LogP contribution >= 0.6 is 0 Å². The lowest BCUT2D eigenvalue weighted by molar-refractivity contribution is -0.198. The van der Waals surface area contributed by atoms with Crippen molar-refractivity contribution in [1.82, 2.24) is 24.6 Å². The van der Waals surface area contributed by atoms with Crippen LogP contribution in [-0.2, 0) is 19.1 Å². The highest BCUT2D eigenvalue weighted by molar-refractivity contribution is 5.87. The number of hydrogen-bond acceptors (Lipinski definition) is 11. The van der Waals surface area contributed by atoms with Gasteiger partial charge in [0, 0.05) is 43.5 Å².